The van der Waals surface area contributed by atoms with Crippen LogP contribution in [0, 0.1) is 0 Å². The van der Waals surface area contributed by atoms with Crippen molar-refractivity contribution in [1.82, 2.24) is 29.5 Å². The van der Waals surface area contributed by atoms with Crippen molar-refractivity contribution in [3.05, 3.63) is 36.0 Å². The summed E-state index contributed by atoms with van der Waals surface area (Å²) in [6.07, 6.45) is -1.29. The molecular formula is C27H34F3N7O. The zero-order chi connectivity index (χ0) is 26.9. The molecule has 1 aliphatic carbocycles. The van der Waals surface area contributed by atoms with E-state index in [2.05, 4.69) is 63.3 Å². The summed E-state index contributed by atoms with van der Waals surface area (Å²) in [5, 5.41) is 8.35. The molecule has 1 saturated heterocycles. The highest BCUT2D eigenvalue weighted by atomic mass is 19.4. The first-order chi connectivity index (χ1) is 18.2. The van der Waals surface area contributed by atoms with E-state index in [4.69, 9.17) is 5.10 Å². The molecule has 1 saturated carbocycles. The van der Waals surface area contributed by atoms with Crippen LogP contribution in [0.15, 0.2) is 30.5 Å². The maximum absolute atomic E-state index is 12.6. The zero-order valence-electron chi connectivity index (χ0n) is 21.8. The average Bonchev–Trinajstić information content (AvgIpc) is 3.27. The first-order valence-electron chi connectivity index (χ1n) is 13.3. The summed E-state index contributed by atoms with van der Waals surface area (Å²) in [7, 11) is 2.15. The SMILES string of the molecule is CC(c1ccc(-c2nn(C3CCC(=O)CC3)c3nc(NCCC(F)(F)F)ncc23)cc1)N1CCN(C)CC1. The number of piperazine rings is 1. The van der Waals surface area contributed by atoms with E-state index < -0.39 is 12.6 Å². The number of alkyl halides is 3. The van der Waals surface area contributed by atoms with Crippen molar-refractivity contribution in [2.75, 3.05) is 45.1 Å². The predicted molar refractivity (Wildman–Crippen MR) is 140 cm³/mol. The molecule has 0 radical (unpaired) electrons. The van der Waals surface area contributed by atoms with Crippen LogP contribution in [0.1, 0.15) is 56.7 Å². The fourth-order valence-corrected chi connectivity index (χ4v) is 5.30. The number of nitrogens with one attached hydrogen (secondary N) is 1. The number of hydrogen-bond acceptors (Lipinski definition) is 7. The van der Waals surface area contributed by atoms with Crippen LogP contribution < -0.4 is 5.32 Å². The van der Waals surface area contributed by atoms with Crippen molar-refractivity contribution < 1.29 is 18.0 Å². The zero-order valence-corrected chi connectivity index (χ0v) is 21.8. The second-order valence-electron chi connectivity index (χ2n) is 10.4. The molecule has 2 aliphatic rings. The Morgan fingerprint density at radius 2 is 1.76 bits per heavy atom. The van der Waals surface area contributed by atoms with E-state index in [1.54, 1.807) is 6.20 Å². The normalized spacial score (nSPS) is 19.2. The van der Waals surface area contributed by atoms with Crippen LogP contribution in [0.5, 0.6) is 0 Å². The molecule has 2 aromatic heterocycles. The van der Waals surface area contributed by atoms with E-state index in [0.717, 1.165) is 42.8 Å². The highest BCUT2D eigenvalue weighted by Gasteiger charge is 2.28. The summed E-state index contributed by atoms with van der Waals surface area (Å²) >= 11 is 0. The van der Waals surface area contributed by atoms with Crippen LogP contribution in [-0.4, -0.2) is 81.3 Å². The van der Waals surface area contributed by atoms with Crippen LogP contribution in [0.3, 0.4) is 0 Å². The van der Waals surface area contributed by atoms with Gasteiger partial charge in [0.1, 0.15) is 11.5 Å². The van der Waals surface area contributed by atoms with Crippen LogP contribution in [0.25, 0.3) is 22.3 Å². The van der Waals surface area contributed by atoms with Gasteiger partial charge in [-0.3, -0.25) is 9.69 Å². The van der Waals surface area contributed by atoms with Gasteiger partial charge in [-0.05, 0) is 32.4 Å². The maximum atomic E-state index is 12.6. The number of rotatable bonds is 7. The van der Waals surface area contributed by atoms with Crippen molar-refractivity contribution in [2.45, 2.75) is 57.3 Å². The summed E-state index contributed by atoms with van der Waals surface area (Å²) in [6.45, 7) is 6.12. The fraction of sp³-hybridized carbons (Fsp3) is 0.556. The Morgan fingerprint density at radius 3 is 2.42 bits per heavy atom. The van der Waals surface area contributed by atoms with Gasteiger partial charge in [-0.25, -0.2) is 9.67 Å². The molecule has 1 atom stereocenters. The third kappa shape index (κ3) is 5.99. The fourth-order valence-electron chi connectivity index (χ4n) is 5.30. The Balaban J connectivity index is 1.43. The van der Waals surface area contributed by atoms with Crippen LogP contribution in [0.4, 0.5) is 19.1 Å². The predicted octanol–water partition coefficient (Wildman–Crippen LogP) is 4.85. The van der Waals surface area contributed by atoms with E-state index in [9.17, 15) is 18.0 Å². The third-order valence-electron chi connectivity index (χ3n) is 7.75. The molecule has 1 N–H and O–H groups in total. The van der Waals surface area contributed by atoms with Gasteiger partial charge in [0, 0.05) is 63.4 Å². The minimum atomic E-state index is -4.26. The van der Waals surface area contributed by atoms with Crippen molar-refractivity contribution in [3.63, 3.8) is 0 Å². The number of ketones is 1. The van der Waals surface area contributed by atoms with Crippen molar-refractivity contribution in [3.8, 4) is 11.3 Å². The van der Waals surface area contributed by atoms with Crippen molar-refractivity contribution in [2.24, 2.45) is 0 Å². The molecule has 0 spiro atoms. The van der Waals surface area contributed by atoms with E-state index in [1.165, 1.54) is 5.56 Å². The number of anilines is 1. The van der Waals surface area contributed by atoms with Crippen LogP contribution in [-0.2, 0) is 4.79 Å². The molecule has 2 fully saturated rings. The topological polar surface area (TPSA) is 79.2 Å². The van der Waals surface area contributed by atoms with Gasteiger partial charge in [0.2, 0.25) is 5.95 Å². The smallest absolute Gasteiger partial charge is 0.354 e. The minimum Gasteiger partial charge on any atom is -0.354 e. The number of nitrogens with zero attached hydrogens (tertiary/aromatic N) is 6. The molecule has 1 aliphatic heterocycles. The highest BCUT2D eigenvalue weighted by molar-refractivity contribution is 5.91. The summed E-state index contributed by atoms with van der Waals surface area (Å²) in [5.74, 6) is 0.379. The van der Waals surface area contributed by atoms with E-state index >= 15 is 0 Å². The molecule has 8 nitrogen and oxygen atoms in total. The lowest BCUT2D eigenvalue weighted by atomic mass is 9.94. The second-order valence-corrected chi connectivity index (χ2v) is 10.4. The molecule has 11 heteroatoms. The Labute approximate surface area is 220 Å². The summed E-state index contributed by atoms with van der Waals surface area (Å²) in [4.78, 5) is 25.5. The number of aromatic nitrogens is 4. The lowest BCUT2D eigenvalue weighted by Crippen LogP contribution is -2.45. The van der Waals surface area contributed by atoms with Gasteiger partial charge in [0.05, 0.1) is 17.8 Å². The number of fused-ring (bicyclic) bond motifs is 1. The molecule has 3 heterocycles. The number of benzene rings is 1. The molecule has 1 aromatic carbocycles. The molecule has 38 heavy (non-hydrogen) atoms. The number of hydrogen-bond donors (Lipinski definition) is 1. The van der Waals surface area contributed by atoms with Crippen LogP contribution in [0.2, 0.25) is 0 Å². The number of carbonyl (C=O) groups is 1. The highest BCUT2D eigenvalue weighted by Crippen LogP contribution is 2.34. The third-order valence-corrected chi connectivity index (χ3v) is 7.75. The van der Waals surface area contributed by atoms with Gasteiger partial charge in [0.15, 0.2) is 5.65 Å². The van der Waals surface area contributed by atoms with E-state index in [-0.39, 0.29) is 24.3 Å². The van der Waals surface area contributed by atoms with Gasteiger partial charge in [-0.15, -0.1) is 0 Å². The monoisotopic (exact) mass is 529 g/mol. The summed E-state index contributed by atoms with van der Waals surface area (Å²) < 4.78 is 39.7. The largest absolute Gasteiger partial charge is 0.390 e. The molecule has 5 rings (SSSR count). The van der Waals surface area contributed by atoms with E-state index in [0.29, 0.717) is 37.4 Å². The lowest BCUT2D eigenvalue weighted by Gasteiger charge is -2.36. The number of halogens is 3. The molecule has 0 bridgehead atoms. The van der Waals surface area contributed by atoms with Crippen molar-refractivity contribution in [1.29, 1.82) is 0 Å². The van der Waals surface area contributed by atoms with Crippen molar-refractivity contribution >= 4 is 22.8 Å². The maximum Gasteiger partial charge on any atom is 0.390 e. The minimum absolute atomic E-state index is 0.00148. The molecule has 3 aromatic rings. The Hall–Kier alpha value is -3.05. The van der Waals surface area contributed by atoms with Gasteiger partial charge >= 0.3 is 6.18 Å². The van der Waals surface area contributed by atoms with Gasteiger partial charge < -0.3 is 10.2 Å². The Morgan fingerprint density at radius 1 is 1.08 bits per heavy atom. The Kier molecular flexibility index (Phi) is 7.67. The first-order valence-corrected chi connectivity index (χ1v) is 13.3. The molecule has 1 unspecified atom stereocenters. The average molecular weight is 530 g/mol. The van der Waals surface area contributed by atoms with Gasteiger partial charge in [-0.2, -0.15) is 23.3 Å². The summed E-state index contributed by atoms with van der Waals surface area (Å²) in [6, 6.07) is 8.70. The molecular weight excluding hydrogens is 495 g/mol. The molecule has 0 amide bonds. The molecule has 204 valence electrons. The number of carbonyl (C=O) groups excluding carboxylic acids is 1. The second kappa shape index (κ2) is 11.0. The number of likely N-dealkylation sites (N-methyl/N-ethyl adjacent to an activating group) is 1. The van der Waals surface area contributed by atoms with E-state index in [1.807, 2.05) is 4.68 Å². The number of Topliss-reactive ketones (excluding diaryl/α,β-unsaturated/α-hetero) is 1. The quantitative estimate of drug-likeness (QED) is 0.469. The Bertz CT molecular complexity index is 1260. The van der Waals surface area contributed by atoms with Crippen LogP contribution >= 0.6 is 0 Å². The lowest BCUT2D eigenvalue weighted by molar-refractivity contribution is -0.131. The summed E-state index contributed by atoms with van der Waals surface area (Å²) in [5.41, 5.74) is 3.47. The van der Waals surface area contributed by atoms with Gasteiger partial charge in [0.25, 0.3) is 0 Å². The first kappa shape index (κ1) is 26.6. The van der Waals surface area contributed by atoms with Gasteiger partial charge in [-0.1, -0.05) is 24.3 Å². The standard InChI is InChI=1S/C27H34F3N7O/c1-18(36-15-13-35(2)14-16-36)19-3-5-20(6-4-19)24-23-17-32-26(31-12-11-27(28,29)30)33-25(23)37(34-24)21-7-9-22(38)10-8-21/h3-6,17-18,21H,7-16H2,1-2H3,(H,31,32,33).